The van der Waals surface area contributed by atoms with Gasteiger partial charge < -0.3 is 14.6 Å². The number of hydrogen-bond acceptors (Lipinski definition) is 3. The van der Waals surface area contributed by atoms with E-state index in [0.717, 1.165) is 11.3 Å². The van der Waals surface area contributed by atoms with Crippen LogP contribution in [-0.4, -0.2) is 29.9 Å². The Kier molecular flexibility index (Phi) is 4.09. The minimum Gasteiger partial charge on any atom is -0.491 e. The monoisotopic (exact) mass is 270 g/mol. The molecule has 5 heteroatoms. The third-order valence-corrected chi connectivity index (χ3v) is 3.37. The molecule has 98 valence electrons. The van der Waals surface area contributed by atoms with Crippen LogP contribution in [-0.2, 0) is 9.53 Å². The molecule has 2 atom stereocenters. The number of aryl methyl sites for hydroxylation is 1. The molecule has 1 saturated heterocycles. The maximum atomic E-state index is 10.7. The average Bonchev–Trinajstić information content (AvgIpc) is 2.79. The molecule has 1 heterocycles. The van der Waals surface area contributed by atoms with Crippen LogP contribution in [0.2, 0.25) is 5.02 Å². The molecule has 0 bridgehead atoms. The Labute approximate surface area is 110 Å². The first-order chi connectivity index (χ1) is 8.56. The van der Waals surface area contributed by atoms with Gasteiger partial charge in [0.05, 0.1) is 6.10 Å². The van der Waals surface area contributed by atoms with Crippen molar-refractivity contribution in [3.63, 3.8) is 0 Å². The summed E-state index contributed by atoms with van der Waals surface area (Å²) in [7, 11) is 0. The van der Waals surface area contributed by atoms with E-state index in [2.05, 4.69) is 0 Å². The highest BCUT2D eigenvalue weighted by Gasteiger charge is 2.30. The molecule has 1 fully saturated rings. The van der Waals surface area contributed by atoms with Crippen LogP contribution in [0.15, 0.2) is 18.2 Å². The maximum absolute atomic E-state index is 10.7. The highest BCUT2D eigenvalue weighted by atomic mass is 35.5. The number of ether oxygens (including phenoxy) is 2. The average molecular weight is 271 g/mol. The molecular weight excluding hydrogens is 256 g/mol. The minimum absolute atomic E-state index is 0.151. The molecule has 0 aromatic heterocycles. The lowest BCUT2D eigenvalue weighted by atomic mass is 10.2. The van der Waals surface area contributed by atoms with Gasteiger partial charge in [-0.25, -0.2) is 4.79 Å². The molecule has 0 aliphatic carbocycles. The lowest BCUT2D eigenvalue weighted by Crippen LogP contribution is -2.23. The van der Waals surface area contributed by atoms with Crippen LogP contribution in [0.25, 0.3) is 0 Å². The summed E-state index contributed by atoms with van der Waals surface area (Å²) >= 11 is 5.92. The van der Waals surface area contributed by atoms with Crippen molar-refractivity contribution in [2.75, 3.05) is 6.61 Å². The van der Waals surface area contributed by atoms with E-state index in [4.69, 9.17) is 26.2 Å². The number of halogens is 1. The van der Waals surface area contributed by atoms with E-state index in [9.17, 15) is 4.79 Å². The van der Waals surface area contributed by atoms with E-state index in [1.54, 1.807) is 12.1 Å². The Morgan fingerprint density at radius 3 is 2.94 bits per heavy atom. The quantitative estimate of drug-likeness (QED) is 0.914. The van der Waals surface area contributed by atoms with Gasteiger partial charge in [-0.1, -0.05) is 11.6 Å². The Morgan fingerprint density at radius 1 is 1.56 bits per heavy atom. The van der Waals surface area contributed by atoms with Crippen molar-refractivity contribution in [1.29, 1.82) is 0 Å². The molecule has 2 unspecified atom stereocenters. The second-order valence-electron chi connectivity index (χ2n) is 4.38. The van der Waals surface area contributed by atoms with Gasteiger partial charge >= 0.3 is 5.97 Å². The Morgan fingerprint density at radius 2 is 2.33 bits per heavy atom. The summed E-state index contributed by atoms with van der Waals surface area (Å²) < 4.78 is 10.9. The molecule has 1 aromatic carbocycles. The molecule has 18 heavy (non-hydrogen) atoms. The van der Waals surface area contributed by atoms with Gasteiger partial charge in [-0.05, 0) is 43.5 Å². The minimum atomic E-state index is -0.903. The summed E-state index contributed by atoms with van der Waals surface area (Å²) in [5.41, 5.74) is 0.949. The molecule has 1 aliphatic rings. The molecule has 1 aliphatic heterocycles. The van der Waals surface area contributed by atoms with Crippen LogP contribution >= 0.6 is 11.6 Å². The van der Waals surface area contributed by atoms with Crippen molar-refractivity contribution < 1.29 is 19.4 Å². The third kappa shape index (κ3) is 3.15. The lowest BCUT2D eigenvalue weighted by molar-refractivity contribution is -0.149. The van der Waals surface area contributed by atoms with E-state index in [-0.39, 0.29) is 6.10 Å². The SMILES string of the molecule is Cc1cc(OCC2CCC(C(=O)O)O2)ccc1Cl. The first kappa shape index (κ1) is 13.2. The van der Waals surface area contributed by atoms with Crippen LogP contribution in [0, 0.1) is 6.92 Å². The van der Waals surface area contributed by atoms with Gasteiger partial charge in [0.25, 0.3) is 0 Å². The zero-order chi connectivity index (χ0) is 13.1. The molecule has 0 spiro atoms. The zero-order valence-corrected chi connectivity index (χ0v) is 10.8. The van der Waals surface area contributed by atoms with Gasteiger partial charge in [-0.15, -0.1) is 0 Å². The zero-order valence-electron chi connectivity index (χ0n) is 10.1. The molecule has 0 saturated carbocycles. The second-order valence-corrected chi connectivity index (χ2v) is 4.79. The number of rotatable bonds is 4. The standard InChI is InChI=1S/C13H15ClO4/c1-8-6-9(2-4-11(8)14)17-7-10-3-5-12(18-10)13(15)16/h2,4,6,10,12H,3,5,7H2,1H3,(H,15,16). The van der Waals surface area contributed by atoms with E-state index >= 15 is 0 Å². The van der Waals surface area contributed by atoms with E-state index in [1.165, 1.54) is 0 Å². The molecule has 0 amide bonds. The van der Waals surface area contributed by atoms with E-state index < -0.39 is 12.1 Å². The number of hydrogen-bond donors (Lipinski definition) is 1. The first-order valence-electron chi connectivity index (χ1n) is 5.83. The third-order valence-electron chi connectivity index (χ3n) is 2.95. The van der Waals surface area contributed by atoms with Gasteiger partial charge in [0, 0.05) is 5.02 Å². The van der Waals surface area contributed by atoms with Crippen molar-refractivity contribution in [2.24, 2.45) is 0 Å². The van der Waals surface area contributed by atoms with Gasteiger partial charge in [0.1, 0.15) is 12.4 Å². The molecule has 1 aromatic rings. The summed E-state index contributed by atoms with van der Waals surface area (Å²) in [4.78, 5) is 10.7. The van der Waals surface area contributed by atoms with E-state index in [1.807, 2.05) is 13.0 Å². The summed E-state index contributed by atoms with van der Waals surface area (Å²) in [6.07, 6.45) is 0.416. The topological polar surface area (TPSA) is 55.8 Å². The molecular formula is C13H15ClO4. The van der Waals surface area contributed by atoms with Crippen molar-refractivity contribution in [3.05, 3.63) is 28.8 Å². The Bertz CT molecular complexity index is 447. The Balaban J connectivity index is 1.85. The fourth-order valence-electron chi connectivity index (χ4n) is 1.91. The highest BCUT2D eigenvalue weighted by molar-refractivity contribution is 6.31. The maximum Gasteiger partial charge on any atom is 0.332 e. The van der Waals surface area contributed by atoms with Crippen LogP contribution in [0.3, 0.4) is 0 Å². The van der Waals surface area contributed by atoms with Crippen LogP contribution < -0.4 is 4.74 Å². The number of carbonyl (C=O) groups is 1. The number of aliphatic carboxylic acids is 1. The lowest BCUT2D eigenvalue weighted by Gasteiger charge is -2.13. The van der Waals surface area contributed by atoms with Gasteiger partial charge in [-0.3, -0.25) is 0 Å². The van der Waals surface area contributed by atoms with Crippen LogP contribution in [0.4, 0.5) is 0 Å². The number of benzene rings is 1. The van der Waals surface area contributed by atoms with Crippen LogP contribution in [0.5, 0.6) is 5.75 Å². The molecule has 4 nitrogen and oxygen atoms in total. The van der Waals surface area contributed by atoms with Crippen molar-refractivity contribution in [3.8, 4) is 5.75 Å². The molecule has 2 rings (SSSR count). The van der Waals surface area contributed by atoms with Gasteiger partial charge in [-0.2, -0.15) is 0 Å². The smallest absolute Gasteiger partial charge is 0.332 e. The summed E-state index contributed by atoms with van der Waals surface area (Å²) in [5.74, 6) is -0.181. The van der Waals surface area contributed by atoms with Gasteiger partial charge in [0.15, 0.2) is 6.10 Å². The summed E-state index contributed by atoms with van der Waals surface area (Å²) in [5, 5.41) is 9.50. The van der Waals surface area contributed by atoms with Gasteiger partial charge in [0.2, 0.25) is 0 Å². The van der Waals surface area contributed by atoms with Crippen molar-refractivity contribution >= 4 is 17.6 Å². The predicted octanol–water partition coefficient (Wildman–Crippen LogP) is 2.66. The summed E-state index contributed by atoms with van der Waals surface area (Å²) in [6, 6.07) is 5.42. The first-order valence-corrected chi connectivity index (χ1v) is 6.21. The largest absolute Gasteiger partial charge is 0.491 e. The van der Waals surface area contributed by atoms with E-state index in [0.29, 0.717) is 24.5 Å². The number of carboxylic acid groups (broad SMARTS) is 1. The number of carboxylic acids is 1. The summed E-state index contributed by atoms with van der Waals surface area (Å²) in [6.45, 7) is 2.27. The fraction of sp³-hybridized carbons (Fsp3) is 0.462. The Hall–Kier alpha value is -1.26. The van der Waals surface area contributed by atoms with Crippen molar-refractivity contribution in [1.82, 2.24) is 0 Å². The molecule has 0 radical (unpaired) electrons. The normalized spacial score (nSPS) is 23.0. The van der Waals surface area contributed by atoms with Crippen molar-refractivity contribution in [2.45, 2.75) is 32.0 Å². The second kappa shape index (κ2) is 5.59. The fourth-order valence-corrected chi connectivity index (χ4v) is 2.02. The predicted molar refractivity (Wildman–Crippen MR) is 67.2 cm³/mol. The highest BCUT2D eigenvalue weighted by Crippen LogP contribution is 2.24. The van der Waals surface area contributed by atoms with Crippen LogP contribution in [0.1, 0.15) is 18.4 Å². The molecule has 1 N–H and O–H groups in total.